The molecule has 2 rings (SSSR count). The van der Waals surface area contributed by atoms with Gasteiger partial charge >= 0.3 is 11.9 Å². The van der Waals surface area contributed by atoms with Crippen LogP contribution in [-0.4, -0.2) is 34.0 Å². The zero-order chi connectivity index (χ0) is 16.6. The van der Waals surface area contributed by atoms with E-state index in [0.29, 0.717) is 0 Å². The summed E-state index contributed by atoms with van der Waals surface area (Å²) in [6.45, 7) is 0. The topological polar surface area (TPSA) is 161 Å². The summed E-state index contributed by atoms with van der Waals surface area (Å²) >= 11 is 0. The van der Waals surface area contributed by atoms with Gasteiger partial charge in [-0.2, -0.15) is 0 Å². The zero-order valence-electron chi connectivity index (χ0n) is 11.0. The van der Waals surface area contributed by atoms with Crippen LogP contribution in [0.3, 0.4) is 0 Å². The van der Waals surface area contributed by atoms with Crippen LogP contribution in [0, 0.1) is 0 Å². The first-order valence-corrected chi connectivity index (χ1v) is 5.92. The number of primary amides is 2. The summed E-state index contributed by atoms with van der Waals surface area (Å²) < 4.78 is 0. The maximum atomic E-state index is 11.7. The van der Waals surface area contributed by atoms with Crippen LogP contribution in [0.15, 0.2) is 24.3 Å². The third-order valence-corrected chi connectivity index (χ3v) is 3.14. The van der Waals surface area contributed by atoms with Crippen LogP contribution in [0.1, 0.15) is 41.4 Å². The smallest absolute Gasteiger partial charge is 0.337 e. The van der Waals surface area contributed by atoms with Gasteiger partial charge in [0.25, 0.3) is 0 Å². The molecule has 2 aromatic carbocycles. The Hall–Kier alpha value is -3.42. The van der Waals surface area contributed by atoms with Crippen LogP contribution in [0.2, 0.25) is 0 Å². The molecule has 0 spiro atoms. The lowest BCUT2D eigenvalue weighted by molar-refractivity contribution is 0.0651. The minimum Gasteiger partial charge on any atom is -0.478 e. The predicted molar refractivity (Wildman–Crippen MR) is 74.9 cm³/mol. The molecule has 2 aromatic rings. The van der Waals surface area contributed by atoms with Gasteiger partial charge in [0, 0.05) is 0 Å². The molecular formula is C14H10N2O6. The zero-order valence-corrected chi connectivity index (χ0v) is 11.0. The molecule has 112 valence electrons. The molecule has 0 saturated heterocycles. The van der Waals surface area contributed by atoms with Crippen molar-refractivity contribution in [1.29, 1.82) is 0 Å². The molecule has 0 radical (unpaired) electrons. The molecule has 0 fully saturated rings. The summed E-state index contributed by atoms with van der Waals surface area (Å²) in [4.78, 5) is 46.2. The standard InChI is InChI=1S/C14H10N2O6/c15-11(17)7-5-3-1-2-4-6(5)8(13(19)20)10(14(21)22)9(7)12(16)18/h1-4H,(H2,15,17)(H2,16,18)(H,19,20)(H,21,22). The Morgan fingerprint density at radius 3 is 1.45 bits per heavy atom. The number of hydrogen-bond donors (Lipinski definition) is 4. The second-order valence-electron chi connectivity index (χ2n) is 4.38. The van der Waals surface area contributed by atoms with E-state index < -0.39 is 46.0 Å². The SMILES string of the molecule is NC(=O)c1c(C(=O)O)c(C(=O)O)c2ccccc2c1C(N)=O. The Morgan fingerprint density at radius 2 is 1.09 bits per heavy atom. The summed E-state index contributed by atoms with van der Waals surface area (Å²) in [6, 6.07) is 5.64. The van der Waals surface area contributed by atoms with Crippen LogP contribution in [-0.2, 0) is 0 Å². The number of benzene rings is 2. The Morgan fingerprint density at radius 1 is 0.682 bits per heavy atom. The molecule has 8 nitrogen and oxygen atoms in total. The number of carbonyl (C=O) groups is 4. The minimum atomic E-state index is -1.69. The van der Waals surface area contributed by atoms with Gasteiger partial charge in [-0.25, -0.2) is 9.59 Å². The van der Waals surface area contributed by atoms with E-state index in [1.165, 1.54) is 24.3 Å². The van der Waals surface area contributed by atoms with Crippen molar-refractivity contribution >= 4 is 34.5 Å². The van der Waals surface area contributed by atoms with Gasteiger partial charge in [-0.15, -0.1) is 0 Å². The van der Waals surface area contributed by atoms with Crippen molar-refractivity contribution in [2.75, 3.05) is 0 Å². The quantitative estimate of drug-likeness (QED) is 0.640. The van der Waals surface area contributed by atoms with E-state index in [-0.39, 0.29) is 10.8 Å². The van der Waals surface area contributed by atoms with E-state index in [4.69, 9.17) is 11.5 Å². The maximum absolute atomic E-state index is 11.7. The molecule has 0 aliphatic rings. The molecule has 0 aromatic heterocycles. The number of rotatable bonds is 4. The fraction of sp³-hybridized carbons (Fsp3) is 0. The Balaban J connectivity index is 3.25. The third kappa shape index (κ3) is 2.12. The molecule has 0 heterocycles. The first kappa shape index (κ1) is 15.0. The van der Waals surface area contributed by atoms with Crippen molar-refractivity contribution in [3.8, 4) is 0 Å². The number of aromatic carboxylic acids is 2. The fourth-order valence-corrected chi connectivity index (χ4v) is 2.38. The normalized spacial score (nSPS) is 10.4. The van der Waals surface area contributed by atoms with Crippen molar-refractivity contribution in [1.82, 2.24) is 0 Å². The van der Waals surface area contributed by atoms with E-state index in [0.717, 1.165) is 0 Å². The maximum Gasteiger partial charge on any atom is 0.337 e. The molecule has 0 saturated carbocycles. The molecular weight excluding hydrogens is 292 g/mol. The van der Waals surface area contributed by atoms with Crippen molar-refractivity contribution in [3.63, 3.8) is 0 Å². The highest BCUT2D eigenvalue weighted by Gasteiger charge is 2.31. The Labute approximate surface area is 122 Å². The molecule has 0 unspecified atom stereocenters. The lowest BCUT2D eigenvalue weighted by Crippen LogP contribution is -2.26. The van der Waals surface area contributed by atoms with Gasteiger partial charge in [-0.1, -0.05) is 24.3 Å². The largest absolute Gasteiger partial charge is 0.478 e. The van der Waals surface area contributed by atoms with Gasteiger partial charge in [-0.05, 0) is 10.8 Å². The van der Waals surface area contributed by atoms with Crippen molar-refractivity contribution < 1.29 is 29.4 Å². The van der Waals surface area contributed by atoms with Gasteiger partial charge in [-0.3, -0.25) is 9.59 Å². The van der Waals surface area contributed by atoms with E-state index >= 15 is 0 Å². The van der Waals surface area contributed by atoms with Gasteiger partial charge in [0.1, 0.15) is 0 Å². The van der Waals surface area contributed by atoms with Crippen LogP contribution in [0.5, 0.6) is 0 Å². The summed E-state index contributed by atoms with van der Waals surface area (Å²) in [5.41, 5.74) is 7.77. The summed E-state index contributed by atoms with van der Waals surface area (Å²) in [5, 5.41) is 18.6. The van der Waals surface area contributed by atoms with E-state index in [9.17, 15) is 29.4 Å². The third-order valence-electron chi connectivity index (χ3n) is 3.14. The highest BCUT2D eigenvalue weighted by atomic mass is 16.4. The lowest BCUT2D eigenvalue weighted by Gasteiger charge is -2.15. The number of carboxylic acid groups (broad SMARTS) is 2. The summed E-state index contributed by atoms with van der Waals surface area (Å²) in [7, 11) is 0. The summed E-state index contributed by atoms with van der Waals surface area (Å²) in [6.07, 6.45) is 0. The summed E-state index contributed by atoms with van der Waals surface area (Å²) in [5.74, 6) is -5.59. The minimum absolute atomic E-state index is 0.0220. The van der Waals surface area contributed by atoms with Crippen LogP contribution in [0.4, 0.5) is 0 Å². The monoisotopic (exact) mass is 302 g/mol. The molecule has 0 aliphatic carbocycles. The average molecular weight is 302 g/mol. The average Bonchev–Trinajstić information content (AvgIpc) is 2.43. The van der Waals surface area contributed by atoms with Gasteiger partial charge < -0.3 is 21.7 Å². The molecule has 2 amide bonds. The van der Waals surface area contributed by atoms with E-state index in [2.05, 4.69) is 0 Å². The van der Waals surface area contributed by atoms with Gasteiger partial charge in [0.15, 0.2) is 0 Å². The predicted octanol–water partition coefficient (Wildman–Crippen LogP) is 0.434. The number of hydrogen-bond acceptors (Lipinski definition) is 4. The Kier molecular flexibility index (Phi) is 3.52. The second-order valence-corrected chi connectivity index (χ2v) is 4.38. The molecule has 0 bridgehead atoms. The molecule has 22 heavy (non-hydrogen) atoms. The highest BCUT2D eigenvalue weighted by molar-refractivity contribution is 6.24. The molecule has 6 N–H and O–H groups in total. The van der Waals surface area contributed by atoms with Crippen molar-refractivity contribution in [3.05, 3.63) is 46.5 Å². The number of amides is 2. The van der Waals surface area contributed by atoms with Crippen molar-refractivity contribution in [2.45, 2.75) is 0 Å². The van der Waals surface area contributed by atoms with E-state index in [1.807, 2.05) is 0 Å². The first-order valence-electron chi connectivity index (χ1n) is 5.92. The lowest BCUT2D eigenvalue weighted by atomic mass is 9.88. The number of fused-ring (bicyclic) bond motifs is 1. The van der Waals surface area contributed by atoms with Crippen LogP contribution in [0.25, 0.3) is 10.8 Å². The Bertz CT molecular complexity index is 786. The highest BCUT2D eigenvalue weighted by Crippen LogP contribution is 2.31. The molecule has 0 atom stereocenters. The number of nitrogens with two attached hydrogens (primary N) is 2. The number of carbonyl (C=O) groups excluding carboxylic acids is 2. The molecule has 8 heteroatoms. The fourth-order valence-electron chi connectivity index (χ4n) is 2.38. The van der Waals surface area contributed by atoms with E-state index in [1.54, 1.807) is 0 Å². The second kappa shape index (κ2) is 5.17. The van der Waals surface area contributed by atoms with Gasteiger partial charge in [0.05, 0.1) is 22.3 Å². The van der Waals surface area contributed by atoms with Crippen molar-refractivity contribution in [2.24, 2.45) is 11.5 Å². The first-order chi connectivity index (χ1) is 10.3. The molecule has 0 aliphatic heterocycles. The van der Waals surface area contributed by atoms with Crippen LogP contribution < -0.4 is 11.5 Å². The van der Waals surface area contributed by atoms with Crippen LogP contribution >= 0.6 is 0 Å². The number of carboxylic acids is 2. The van der Waals surface area contributed by atoms with Gasteiger partial charge in [0.2, 0.25) is 11.8 Å².